The summed E-state index contributed by atoms with van der Waals surface area (Å²) in [6.45, 7) is 1.81. The zero-order valence-electron chi connectivity index (χ0n) is 10.5. The minimum Gasteiger partial charge on any atom is -0.339 e. The maximum absolute atomic E-state index is 12.6. The van der Waals surface area contributed by atoms with Crippen molar-refractivity contribution in [3.8, 4) is 6.07 Å². The summed E-state index contributed by atoms with van der Waals surface area (Å²) >= 11 is 6.02. The molecule has 1 amide bonds. The van der Waals surface area contributed by atoms with Crippen LogP contribution in [0, 0.1) is 11.3 Å². The lowest BCUT2D eigenvalue weighted by atomic mass is 10.2. The van der Waals surface area contributed by atoms with E-state index in [1.54, 1.807) is 11.0 Å². The Morgan fingerprint density at radius 3 is 3.00 bits per heavy atom. The minimum atomic E-state index is -0.400. The predicted octanol–water partition coefficient (Wildman–Crippen LogP) is 1.41. The minimum absolute atomic E-state index is 0.0909. The number of carbonyl (C=O) groups excluding carboxylic acids is 1. The Balaban J connectivity index is 1.88. The molecule has 6 heteroatoms. The first kappa shape index (κ1) is 12.5. The fraction of sp³-hybridized carbons (Fsp3) is 0.538. The second kappa shape index (κ2) is 4.87. The molecule has 0 aromatic carbocycles. The Labute approximate surface area is 116 Å². The highest BCUT2D eigenvalue weighted by molar-refractivity contribution is 6.31. The van der Waals surface area contributed by atoms with Crippen molar-refractivity contribution in [2.45, 2.75) is 24.9 Å². The lowest BCUT2D eigenvalue weighted by Crippen LogP contribution is -2.53. The monoisotopic (exact) mass is 278 g/mol. The zero-order chi connectivity index (χ0) is 13.4. The van der Waals surface area contributed by atoms with E-state index in [9.17, 15) is 4.79 Å². The topological polar surface area (TPSA) is 61.1 Å². The van der Waals surface area contributed by atoms with Gasteiger partial charge in [0.15, 0.2) is 0 Å². The summed E-state index contributed by atoms with van der Waals surface area (Å²) in [6, 6.07) is 3.88. The van der Waals surface area contributed by atoms with Crippen LogP contribution in [0.2, 0.25) is 5.02 Å². The van der Waals surface area contributed by atoms with E-state index in [4.69, 9.17) is 16.9 Å². The average Bonchev–Trinajstić information content (AvgIpc) is 3.21. The summed E-state index contributed by atoms with van der Waals surface area (Å²) in [5.74, 6) is -0.0909. The van der Waals surface area contributed by atoms with Crippen LogP contribution in [-0.2, 0) is 0 Å². The van der Waals surface area contributed by atoms with E-state index in [1.165, 1.54) is 0 Å². The van der Waals surface area contributed by atoms with E-state index in [2.05, 4.69) is 11.4 Å². The molecule has 2 fully saturated rings. The Hall–Kier alpha value is -1.51. The molecule has 19 heavy (non-hydrogen) atoms. The van der Waals surface area contributed by atoms with Crippen molar-refractivity contribution < 1.29 is 4.79 Å². The summed E-state index contributed by atoms with van der Waals surface area (Å²) in [5.41, 5.74) is 0.606. The van der Waals surface area contributed by atoms with Gasteiger partial charge in [0.05, 0.1) is 11.1 Å². The van der Waals surface area contributed by atoms with Crippen molar-refractivity contribution >= 4 is 17.5 Å². The summed E-state index contributed by atoms with van der Waals surface area (Å²) in [6.07, 6.45) is 4.00. The van der Waals surface area contributed by atoms with Crippen LogP contribution in [-0.4, -0.2) is 41.1 Å². The van der Waals surface area contributed by atoms with E-state index in [-0.39, 0.29) is 5.91 Å². The molecule has 2 heterocycles. The maximum Gasteiger partial charge on any atom is 0.271 e. The van der Waals surface area contributed by atoms with Crippen LogP contribution >= 0.6 is 11.6 Å². The number of piperazine rings is 1. The molecule has 0 radical (unpaired) electrons. The molecule has 1 aliphatic heterocycles. The largest absolute Gasteiger partial charge is 0.339 e. The molecular formula is C13H15ClN4O. The molecule has 1 unspecified atom stereocenters. The van der Waals surface area contributed by atoms with E-state index in [0.29, 0.717) is 29.8 Å². The lowest BCUT2D eigenvalue weighted by molar-refractivity contribution is 0.0676. The molecule has 1 N–H and O–H groups in total. The highest BCUT2D eigenvalue weighted by atomic mass is 35.5. The maximum atomic E-state index is 12.6. The number of rotatable bonds is 2. The van der Waals surface area contributed by atoms with Crippen molar-refractivity contribution in [1.29, 1.82) is 5.26 Å². The molecule has 0 bridgehead atoms. The van der Waals surface area contributed by atoms with Gasteiger partial charge in [0.1, 0.15) is 11.7 Å². The number of aromatic nitrogens is 1. The van der Waals surface area contributed by atoms with Crippen LogP contribution in [0.1, 0.15) is 29.4 Å². The molecule has 100 valence electrons. The van der Waals surface area contributed by atoms with Gasteiger partial charge in [-0.05, 0) is 18.9 Å². The summed E-state index contributed by atoms with van der Waals surface area (Å²) < 4.78 is 1.96. The number of nitrogens with one attached hydrogen (secondary N) is 1. The van der Waals surface area contributed by atoms with Gasteiger partial charge in [-0.2, -0.15) is 5.26 Å². The van der Waals surface area contributed by atoms with Crippen LogP contribution in [0.5, 0.6) is 0 Å². The standard InChI is InChI=1S/C13H15ClN4O/c14-9-5-12(18(8-9)10-1-2-10)13(19)17-4-3-16-7-11(17)6-15/h5,8,10-11,16H,1-4,7H2. The summed E-state index contributed by atoms with van der Waals surface area (Å²) in [7, 11) is 0. The van der Waals surface area contributed by atoms with Gasteiger partial charge in [0, 0.05) is 31.9 Å². The molecule has 1 aromatic rings. The molecule has 0 spiro atoms. The molecule has 2 aliphatic rings. The van der Waals surface area contributed by atoms with Gasteiger partial charge in [-0.25, -0.2) is 0 Å². The SMILES string of the molecule is N#CC1CNCCN1C(=O)c1cc(Cl)cn1C1CC1. The predicted molar refractivity (Wildman–Crippen MR) is 71.0 cm³/mol. The quantitative estimate of drug-likeness (QED) is 0.890. The highest BCUT2D eigenvalue weighted by Gasteiger charge is 2.32. The number of hydrogen-bond donors (Lipinski definition) is 1. The molecule has 1 atom stereocenters. The Bertz CT molecular complexity index is 543. The Kier molecular flexibility index (Phi) is 3.21. The molecule has 1 saturated carbocycles. The number of nitrogens with zero attached hydrogens (tertiary/aromatic N) is 3. The van der Waals surface area contributed by atoms with Crippen LogP contribution in [0.25, 0.3) is 0 Å². The summed E-state index contributed by atoms with van der Waals surface area (Å²) in [5, 5.41) is 12.8. The smallest absolute Gasteiger partial charge is 0.271 e. The molecular weight excluding hydrogens is 264 g/mol. The van der Waals surface area contributed by atoms with Crippen LogP contribution < -0.4 is 5.32 Å². The van der Waals surface area contributed by atoms with Crippen molar-refractivity contribution in [2.75, 3.05) is 19.6 Å². The highest BCUT2D eigenvalue weighted by Crippen LogP contribution is 2.37. The van der Waals surface area contributed by atoms with Crippen molar-refractivity contribution in [3.05, 3.63) is 23.0 Å². The number of halogens is 1. The third-order valence-corrected chi connectivity index (χ3v) is 3.83. The lowest BCUT2D eigenvalue weighted by Gasteiger charge is -2.32. The molecule has 3 rings (SSSR count). The van der Waals surface area contributed by atoms with E-state index >= 15 is 0 Å². The van der Waals surface area contributed by atoms with E-state index in [1.807, 2.05) is 10.8 Å². The second-order valence-corrected chi connectivity index (χ2v) is 5.47. The van der Waals surface area contributed by atoms with Gasteiger partial charge < -0.3 is 14.8 Å². The van der Waals surface area contributed by atoms with Gasteiger partial charge in [0.2, 0.25) is 0 Å². The normalized spacial score (nSPS) is 23.2. The number of hydrogen-bond acceptors (Lipinski definition) is 3. The zero-order valence-corrected chi connectivity index (χ0v) is 11.2. The molecule has 1 saturated heterocycles. The van der Waals surface area contributed by atoms with Crippen molar-refractivity contribution in [3.63, 3.8) is 0 Å². The van der Waals surface area contributed by atoms with E-state index in [0.717, 1.165) is 19.4 Å². The number of carbonyl (C=O) groups is 1. The Morgan fingerprint density at radius 1 is 1.53 bits per heavy atom. The molecule has 1 aromatic heterocycles. The molecule has 5 nitrogen and oxygen atoms in total. The van der Waals surface area contributed by atoms with Crippen LogP contribution in [0.4, 0.5) is 0 Å². The van der Waals surface area contributed by atoms with Crippen LogP contribution in [0.15, 0.2) is 12.3 Å². The molecule has 1 aliphatic carbocycles. The average molecular weight is 279 g/mol. The number of nitriles is 1. The summed E-state index contributed by atoms with van der Waals surface area (Å²) in [4.78, 5) is 14.2. The van der Waals surface area contributed by atoms with E-state index < -0.39 is 6.04 Å². The van der Waals surface area contributed by atoms with Crippen molar-refractivity contribution in [2.24, 2.45) is 0 Å². The van der Waals surface area contributed by atoms with Gasteiger partial charge >= 0.3 is 0 Å². The second-order valence-electron chi connectivity index (χ2n) is 5.03. The first-order valence-electron chi connectivity index (χ1n) is 6.49. The Morgan fingerprint density at radius 2 is 2.32 bits per heavy atom. The van der Waals surface area contributed by atoms with Gasteiger partial charge in [0.25, 0.3) is 5.91 Å². The first-order chi connectivity index (χ1) is 9.20. The van der Waals surface area contributed by atoms with Crippen LogP contribution in [0.3, 0.4) is 0 Å². The number of amides is 1. The third kappa shape index (κ3) is 2.34. The van der Waals surface area contributed by atoms with Gasteiger partial charge in [-0.15, -0.1) is 0 Å². The van der Waals surface area contributed by atoms with Gasteiger partial charge in [-0.1, -0.05) is 11.6 Å². The van der Waals surface area contributed by atoms with Gasteiger partial charge in [-0.3, -0.25) is 4.79 Å². The first-order valence-corrected chi connectivity index (χ1v) is 6.87. The fourth-order valence-corrected chi connectivity index (χ4v) is 2.69. The third-order valence-electron chi connectivity index (χ3n) is 3.63. The fourth-order valence-electron chi connectivity index (χ4n) is 2.48. The van der Waals surface area contributed by atoms with Crippen molar-refractivity contribution in [1.82, 2.24) is 14.8 Å².